The van der Waals surface area contributed by atoms with E-state index in [1.807, 2.05) is 6.92 Å². The number of hydrogen-bond donors (Lipinski definition) is 0. The molecule has 4 nitrogen and oxygen atoms in total. The number of rotatable bonds is 2. The van der Waals surface area contributed by atoms with Gasteiger partial charge in [-0.3, -0.25) is 0 Å². The second kappa shape index (κ2) is 3.73. The molecule has 2 heterocycles. The Kier molecular flexibility index (Phi) is 2.53. The smallest absolute Gasteiger partial charge is 0.306 e. The van der Waals surface area contributed by atoms with E-state index in [0.29, 0.717) is 17.6 Å². The predicted molar refractivity (Wildman–Crippen MR) is 50.8 cm³/mol. The molecule has 2 rings (SSSR count). The van der Waals surface area contributed by atoms with Gasteiger partial charge in [-0.1, -0.05) is 6.92 Å². The van der Waals surface area contributed by atoms with Crippen molar-refractivity contribution >= 4 is 11.2 Å². The van der Waals surface area contributed by atoms with Gasteiger partial charge in [0, 0.05) is 0 Å². The average molecular weight is 230 g/mol. The maximum absolute atomic E-state index is 12.2. The summed E-state index contributed by atoms with van der Waals surface area (Å²) in [7, 11) is 0. The van der Waals surface area contributed by atoms with Crippen molar-refractivity contribution in [2.45, 2.75) is 26.1 Å². The largest absolute Gasteiger partial charge is 0.406 e. The van der Waals surface area contributed by atoms with Crippen molar-refractivity contribution in [2.24, 2.45) is 0 Å². The van der Waals surface area contributed by atoms with Gasteiger partial charge in [-0.15, -0.1) is 0 Å². The van der Waals surface area contributed by atoms with Crippen molar-refractivity contribution in [3.63, 3.8) is 0 Å². The van der Waals surface area contributed by atoms with Crippen LogP contribution in [0, 0.1) is 0 Å². The van der Waals surface area contributed by atoms with Crippen molar-refractivity contribution < 1.29 is 13.2 Å². The molecule has 0 fully saturated rings. The third-order valence-corrected chi connectivity index (χ3v) is 2.16. The summed E-state index contributed by atoms with van der Waals surface area (Å²) in [6.07, 6.45) is -1.26. The average Bonchev–Trinajstić information content (AvgIpc) is 2.59. The zero-order valence-corrected chi connectivity index (χ0v) is 8.49. The lowest BCUT2D eigenvalue weighted by Gasteiger charge is -2.07. The molecule has 0 spiro atoms. The van der Waals surface area contributed by atoms with Crippen LogP contribution in [0.15, 0.2) is 12.7 Å². The number of aryl methyl sites for hydroxylation is 1. The van der Waals surface area contributed by atoms with Gasteiger partial charge >= 0.3 is 6.18 Å². The molecule has 0 aliphatic heterocycles. The van der Waals surface area contributed by atoms with Crippen LogP contribution in [0.3, 0.4) is 0 Å². The SMILES string of the molecule is CCc1ncnc2c1ncn2CC(F)(F)F. The fraction of sp³-hybridized carbons (Fsp3) is 0.444. The van der Waals surface area contributed by atoms with Gasteiger partial charge in [0.2, 0.25) is 0 Å². The van der Waals surface area contributed by atoms with Gasteiger partial charge in [0.15, 0.2) is 5.65 Å². The van der Waals surface area contributed by atoms with Crippen LogP contribution >= 0.6 is 0 Å². The molecule has 0 bridgehead atoms. The van der Waals surface area contributed by atoms with Gasteiger partial charge in [-0.05, 0) is 6.42 Å². The number of hydrogen-bond acceptors (Lipinski definition) is 3. The van der Waals surface area contributed by atoms with Gasteiger partial charge in [0.25, 0.3) is 0 Å². The molecule has 86 valence electrons. The zero-order chi connectivity index (χ0) is 11.8. The van der Waals surface area contributed by atoms with E-state index < -0.39 is 12.7 Å². The normalized spacial score (nSPS) is 12.2. The van der Waals surface area contributed by atoms with E-state index in [1.165, 1.54) is 6.33 Å². The summed E-state index contributed by atoms with van der Waals surface area (Å²) in [6.45, 7) is 0.786. The molecule has 0 N–H and O–H groups in total. The Morgan fingerprint density at radius 1 is 1.25 bits per heavy atom. The van der Waals surface area contributed by atoms with Crippen molar-refractivity contribution in [3.05, 3.63) is 18.3 Å². The molecular weight excluding hydrogens is 221 g/mol. The van der Waals surface area contributed by atoms with Gasteiger partial charge in [-0.2, -0.15) is 13.2 Å². The van der Waals surface area contributed by atoms with Crippen LogP contribution in [0.5, 0.6) is 0 Å². The number of alkyl halides is 3. The van der Waals surface area contributed by atoms with E-state index in [-0.39, 0.29) is 5.65 Å². The van der Waals surface area contributed by atoms with Crippen LogP contribution in [0.4, 0.5) is 13.2 Å². The first kappa shape index (κ1) is 10.8. The quantitative estimate of drug-likeness (QED) is 0.792. The fourth-order valence-electron chi connectivity index (χ4n) is 1.50. The minimum absolute atomic E-state index is 0.226. The lowest BCUT2D eigenvalue weighted by molar-refractivity contribution is -0.140. The highest BCUT2D eigenvalue weighted by Crippen LogP contribution is 2.21. The van der Waals surface area contributed by atoms with E-state index in [0.717, 1.165) is 10.9 Å². The monoisotopic (exact) mass is 230 g/mol. The summed E-state index contributed by atoms with van der Waals surface area (Å²) in [5.41, 5.74) is 1.32. The number of nitrogens with zero attached hydrogens (tertiary/aromatic N) is 4. The van der Waals surface area contributed by atoms with Crippen molar-refractivity contribution in [1.29, 1.82) is 0 Å². The molecule has 2 aromatic heterocycles. The Hall–Kier alpha value is -1.66. The Morgan fingerprint density at radius 3 is 2.62 bits per heavy atom. The first-order valence-electron chi connectivity index (χ1n) is 4.72. The zero-order valence-electron chi connectivity index (χ0n) is 8.49. The molecule has 0 aromatic carbocycles. The van der Waals surface area contributed by atoms with Crippen LogP contribution in [0.2, 0.25) is 0 Å². The van der Waals surface area contributed by atoms with Crippen molar-refractivity contribution in [3.8, 4) is 0 Å². The van der Waals surface area contributed by atoms with Crippen LogP contribution in [0.25, 0.3) is 11.2 Å². The number of imidazole rings is 1. The highest BCUT2D eigenvalue weighted by atomic mass is 19.4. The summed E-state index contributed by atoms with van der Waals surface area (Å²) in [5, 5.41) is 0. The topological polar surface area (TPSA) is 43.6 Å². The van der Waals surface area contributed by atoms with Crippen LogP contribution < -0.4 is 0 Å². The first-order chi connectivity index (χ1) is 7.51. The molecule has 0 amide bonds. The summed E-state index contributed by atoms with van der Waals surface area (Å²) in [4.78, 5) is 11.7. The van der Waals surface area contributed by atoms with Gasteiger partial charge in [0.1, 0.15) is 18.4 Å². The molecule has 7 heteroatoms. The van der Waals surface area contributed by atoms with Gasteiger partial charge < -0.3 is 4.57 Å². The molecule has 2 aromatic rings. The lowest BCUT2D eigenvalue weighted by Crippen LogP contribution is -2.17. The highest BCUT2D eigenvalue weighted by Gasteiger charge is 2.29. The summed E-state index contributed by atoms with van der Waals surface area (Å²) in [5.74, 6) is 0. The van der Waals surface area contributed by atoms with Gasteiger partial charge in [0.05, 0.1) is 12.0 Å². The predicted octanol–water partition coefficient (Wildman–Crippen LogP) is 1.95. The maximum Gasteiger partial charge on any atom is 0.406 e. The molecule has 0 radical (unpaired) electrons. The second-order valence-electron chi connectivity index (χ2n) is 3.33. The van der Waals surface area contributed by atoms with E-state index >= 15 is 0 Å². The molecule has 0 atom stereocenters. The van der Waals surface area contributed by atoms with E-state index in [1.54, 1.807) is 0 Å². The lowest BCUT2D eigenvalue weighted by atomic mass is 10.3. The number of halogens is 3. The first-order valence-corrected chi connectivity index (χ1v) is 4.72. The Bertz CT molecular complexity index is 503. The molecule has 0 unspecified atom stereocenters. The molecule has 0 aliphatic rings. The molecule has 0 saturated carbocycles. The highest BCUT2D eigenvalue weighted by molar-refractivity contribution is 5.72. The maximum atomic E-state index is 12.2. The van der Waals surface area contributed by atoms with Crippen molar-refractivity contribution in [2.75, 3.05) is 0 Å². The minimum Gasteiger partial charge on any atom is -0.306 e. The summed E-state index contributed by atoms with van der Waals surface area (Å²) >= 11 is 0. The number of fused-ring (bicyclic) bond motifs is 1. The molecule has 0 aliphatic carbocycles. The Labute approximate surface area is 89.1 Å². The van der Waals surface area contributed by atoms with Crippen LogP contribution in [-0.2, 0) is 13.0 Å². The summed E-state index contributed by atoms with van der Waals surface area (Å²) < 4.78 is 37.7. The third kappa shape index (κ3) is 1.98. The van der Waals surface area contributed by atoms with E-state index in [9.17, 15) is 13.2 Å². The Balaban J connectivity index is 2.49. The number of aromatic nitrogens is 4. The third-order valence-electron chi connectivity index (χ3n) is 2.16. The van der Waals surface area contributed by atoms with E-state index in [4.69, 9.17) is 0 Å². The Morgan fingerprint density at radius 2 is 2.00 bits per heavy atom. The molecule has 16 heavy (non-hydrogen) atoms. The standard InChI is InChI=1S/C9H9F3N4/c1-2-6-7-8(14-4-13-6)16(5-15-7)3-9(10,11)12/h4-5H,2-3H2,1H3. The molecule has 0 saturated heterocycles. The van der Waals surface area contributed by atoms with Gasteiger partial charge in [-0.25, -0.2) is 15.0 Å². The molecular formula is C9H9F3N4. The second-order valence-corrected chi connectivity index (χ2v) is 3.33. The van der Waals surface area contributed by atoms with Crippen LogP contribution in [0.1, 0.15) is 12.6 Å². The fourth-order valence-corrected chi connectivity index (χ4v) is 1.50. The van der Waals surface area contributed by atoms with Crippen molar-refractivity contribution in [1.82, 2.24) is 19.5 Å². The van der Waals surface area contributed by atoms with Crippen LogP contribution in [-0.4, -0.2) is 25.7 Å². The summed E-state index contributed by atoms with van der Waals surface area (Å²) in [6, 6.07) is 0. The minimum atomic E-state index is -4.27. The van der Waals surface area contributed by atoms with E-state index in [2.05, 4.69) is 15.0 Å².